The van der Waals surface area contributed by atoms with Crippen LogP contribution in [-0.2, 0) is 13.1 Å². The molecule has 0 radical (unpaired) electrons. The summed E-state index contributed by atoms with van der Waals surface area (Å²) in [5, 5.41) is 3.35. The molecule has 106 valence electrons. The fourth-order valence-electron chi connectivity index (χ4n) is 1.97. The van der Waals surface area contributed by atoms with Gasteiger partial charge >= 0.3 is 0 Å². The van der Waals surface area contributed by atoms with Gasteiger partial charge in [0, 0.05) is 29.3 Å². The number of rotatable bonds is 6. The van der Waals surface area contributed by atoms with E-state index in [0.29, 0.717) is 13.1 Å². The van der Waals surface area contributed by atoms with E-state index in [1.807, 2.05) is 30.3 Å². The Bertz CT molecular complexity index is 561. The van der Waals surface area contributed by atoms with Crippen molar-refractivity contribution in [2.45, 2.75) is 13.1 Å². The lowest BCUT2D eigenvalue weighted by Gasteiger charge is -2.14. The molecule has 1 N–H and O–H groups in total. The fraction of sp³-hybridized carbons (Fsp3) is 0.267. The lowest BCUT2D eigenvalue weighted by molar-refractivity contribution is 0.350. The zero-order valence-corrected chi connectivity index (χ0v) is 13.1. The van der Waals surface area contributed by atoms with Crippen LogP contribution in [0.3, 0.4) is 0 Å². The van der Waals surface area contributed by atoms with E-state index >= 15 is 0 Å². The monoisotopic (exact) mass is 336 g/mol. The summed E-state index contributed by atoms with van der Waals surface area (Å²) in [7, 11) is 3.28. The van der Waals surface area contributed by atoms with Crippen molar-refractivity contribution in [2.75, 3.05) is 14.2 Å². The summed E-state index contributed by atoms with van der Waals surface area (Å²) in [6.07, 6.45) is 1.79. The first-order valence-corrected chi connectivity index (χ1v) is 7.05. The molecule has 0 aliphatic heterocycles. The van der Waals surface area contributed by atoms with Gasteiger partial charge in [0.05, 0.1) is 19.9 Å². The number of methoxy groups -OCH3 is 2. The molecule has 20 heavy (non-hydrogen) atoms. The number of hydrogen-bond donors (Lipinski definition) is 1. The molecule has 2 rings (SSSR count). The van der Waals surface area contributed by atoms with Crippen LogP contribution in [0.4, 0.5) is 0 Å². The predicted octanol–water partition coefficient (Wildman–Crippen LogP) is 3.15. The predicted molar refractivity (Wildman–Crippen MR) is 82.0 cm³/mol. The van der Waals surface area contributed by atoms with Crippen molar-refractivity contribution in [2.24, 2.45) is 0 Å². The number of nitrogens with one attached hydrogen (secondary N) is 1. The molecule has 0 amide bonds. The molecule has 0 aliphatic carbocycles. The Morgan fingerprint density at radius 1 is 1.15 bits per heavy atom. The number of pyridine rings is 1. The van der Waals surface area contributed by atoms with Crippen molar-refractivity contribution in [3.63, 3.8) is 0 Å². The molecule has 0 bridgehead atoms. The third-order valence-electron chi connectivity index (χ3n) is 2.87. The van der Waals surface area contributed by atoms with Gasteiger partial charge in [-0.05, 0) is 24.3 Å². The third kappa shape index (κ3) is 3.71. The zero-order valence-electron chi connectivity index (χ0n) is 11.5. The van der Waals surface area contributed by atoms with Crippen molar-refractivity contribution < 1.29 is 9.47 Å². The second-order valence-electron chi connectivity index (χ2n) is 4.23. The second kappa shape index (κ2) is 7.26. The zero-order chi connectivity index (χ0) is 14.4. The van der Waals surface area contributed by atoms with E-state index in [-0.39, 0.29) is 0 Å². The summed E-state index contributed by atoms with van der Waals surface area (Å²) in [6, 6.07) is 9.79. The van der Waals surface area contributed by atoms with E-state index in [0.717, 1.165) is 27.2 Å². The van der Waals surface area contributed by atoms with Gasteiger partial charge in [0.25, 0.3) is 0 Å². The number of halogens is 1. The summed E-state index contributed by atoms with van der Waals surface area (Å²) in [5.74, 6) is 1.47. The molecule has 0 saturated carbocycles. The molecule has 0 atom stereocenters. The minimum atomic E-state index is 0.676. The average molecular weight is 337 g/mol. The molecule has 5 heteroatoms. The van der Waals surface area contributed by atoms with Gasteiger partial charge in [0.2, 0.25) is 0 Å². The van der Waals surface area contributed by atoms with E-state index in [1.165, 1.54) is 0 Å². The quantitative estimate of drug-likeness (QED) is 0.879. The van der Waals surface area contributed by atoms with Crippen LogP contribution in [0.5, 0.6) is 11.5 Å². The second-order valence-corrected chi connectivity index (χ2v) is 5.14. The smallest absolute Gasteiger partial charge is 0.165 e. The average Bonchev–Trinajstić information content (AvgIpc) is 2.47. The Kier molecular flexibility index (Phi) is 5.38. The molecule has 0 spiro atoms. The first kappa shape index (κ1) is 14.8. The van der Waals surface area contributed by atoms with E-state index in [9.17, 15) is 0 Å². The summed E-state index contributed by atoms with van der Waals surface area (Å²) >= 11 is 3.48. The van der Waals surface area contributed by atoms with Gasteiger partial charge < -0.3 is 14.8 Å². The number of nitrogens with zero attached hydrogens (tertiary/aromatic N) is 1. The van der Waals surface area contributed by atoms with Crippen molar-refractivity contribution in [3.8, 4) is 11.5 Å². The molecule has 0 aliphatic rings. The largest absolute Gasteiger partial charge is 0.493 e. The van der Waals surface area contributed by atoms with Crippen LogP contribution in [0.25, 0.3) is 0 Å². The Hall–Kier alpha value is -1.59. The molecule has 0 saturated heterocycles. The summed E-state index contributed by atoms with van der Waals surface area (Å²) < 4.78 is 11.7. The van der Waals surface area contributed by atoms with Gasteiger partial charge in [0.15, 0.2) is 11.5 Å². The van der Waals surface area contributed by atoms with E-state index < -0.39 is 0 Å². The lowest BCUT2D eigenvalue weighted by Crippen LogP contribution is -2.14. The Balaban J connectivity index is 2.07. The van der Waals surface area contributed by atoms with Crippen LogP contribution in [0.1, 0.15) is 11.3 Å². The maximum absolute atomic E-state index is 5.42. The maximum Gasteiger partial charge on any atom is 0.165 e. The fourth-order valence-corrected chi connectivity index (χ4v) is 2.45. The molecule has 2 aromatic rings. The van der Waals surface area contributed by atoms with Crippen molar-refractivity contribution in [1.82, 2.24) is 10.3 Å². The van der Waals surface area contributed by atoms with Crippen LogP contribution in [0.15, 0.2) is 41.0 Å². The molecule has 0 unspecified atom stereocenters. The standard InChI is InChI=1S/C15H17BrN2O2/c1-19-14-8-12(16)7-11(15(14)20-2)9-17-10-13-5-3-4-6-18-13/h3-8,17H,9-10H2,1-2H3. The van der Waals surface area contributed by atoms with E-state index in [4.69, 9.17) is 9.47 Å². The maximum atomic E-state index is 5.42. The van der Waals surface area contributed by atoms with Crippen LogP contribution in [0.2, 0.25) is 0 Å². The van der Waals surface area contributed by atoms with Crippen LogP contribution in [-0.4, -0.2) is 19.2 Å². The highest BCUT2D eigenvalue weighted by Crippen LogP contribution is 2.34. The molecule has 1 heterocycles. The highest BCUT2D eigenvalue weighted by molar-refractivity contribution is 9.10. The molecular formula is C15H17BrN2O2. The van der Waals surface area contributed by atoms with Gasteiger partial charge in [-0.15, -0.1) is 0 Å². The molecule has 1 aromatic heterocycles. The Labute approximate surface area is 127 Å². The van der Waals surface area contributed by atoms with E-state index in [1.54, 1.807) is 20.4 Å². The van der Waals surface area contributed by atoms with Crippen LogP contribution < -0.4 is 14.8 Å². The lowest BCUT2D eigenvalue weighted by atomic mass is 10.2. The summed E-state index contributed by atoms with van der Waals surface area (Å²) in [6.45, 7) is 1.38. The van der Waals surface area contributed by atoms with Crippen LogP contribution >= 0.6 is 15.9 Å². The minimum absolute atomic E-state index is 0.676. The van der Waals surface area contributed by atoms with Gasteiger partial charge in [-0.25, -0.2) is 0 Å². The van der Waals surface area contributed by atoms with Crippen molar-refractivity contribution in [3.05, 3.63) is 52.3 Å². The Morgan fingerprint density at radius 3 is 2.65 bits per heavy atom. The highest BCUT2D eigenvalue weighted by Gasteiger charge is 2.11. The summed E-state index contributed by atoms with van der Waals surface area (Å²) in [4.78, 5) is 4.28. The highest BCUT2D eigenvalue weighted by atomic mass is 79.9. The minimum Gasteiger partial charge on any atom is -0.493 e. The molecule has 1 aromatic carbocycles. The van der Waals surface area contributed by atoms with E-state index in [2.05, 4.69) is 26.2 Å². The topological polar surface area (TPSA) is 43.4 Å². The first-order chi connectivity index (χ1) is 9.74. The number of ether oxygens (including phenoxy) is 2. The van der Waals surface area contributed by atoms with Crippen molar-refractivity contribution >= 4 is 15.9 Å². The number of hydrogen-bond acceptors (Lipinski definition) is 4. The number of benzene rings is 1. The molecular weight excluding hydrogens is 320 g/mol. The van der Waals surface area contributed by atoms with Gasteiger partial charge in [-0.3, -0.25) is 4.98 Å². The molecule has 0 fully saturated rings. The normalized spacial score (nSPS) is 10.3. The first-order valence-electron chi connectivity index (χ1n) is 6.25. The van der Waals surface area contributed by atoms with Crippen LogP contribution in [0, 0.1) is 0 Å². The van der Waals surface area contributed by atoms with Gasteiger partial charge in [-0.1, -0.05) is 22.0 Å². The van der Waals surface area contributed by atoms with Gasteiger partial charge in [0.1, 0.15) is 0 Å². The summed E-state index contributed by atoms with van der Waals surface area (Å²) in [5.41, 5.74) is 2.04. The third-order valence-corrected chi connectivity index (χ3v) is 3.33. The number of aromatic nitrogens is 1. The molecule has 4 nitrogen and oxygen atoms in total. The Morgan fingerprint density at radius 2 is 2.00 bits per heavy atom. The SMILES string of the molecule is COc1cc(Br)cc(CNCc2ccccn2)c1OC. The van der Waals surface area contributed by atoms with Crippen molar-refractivity contribution in [1.29, 1.82) is 0 Å². The van der Waals surface area contributed by atoms with Gasteiger partial charge in [-0.2, -0.15) is 0 Å².